The van der Waals surface area contributed by atoms with Crippen molar-refractivity contribution < 1.29 is 9.00 Å². The number of nitrogens with zero attached hydrogens (tertiary/aromatic N) is 2. The quantitative estimate of drug-likeness (QED) is 0.553. The zero-order chi connectivity index (χ0) is 19.6. The predicted molar refractivity (Wildman–Crippen MR) is 112 cm³/mol. The Bertz CT molecular complexity index is 642. The summed E-state index contributed by atoms with van der Waals surface area (Å²) in [6.07, 6.45) is 2.34. The largest absolute Gasteiger partial charge is 0.356 e. The second-order valence-corrected chi connectivity index (χ2v) is 8.90. The number of unbranched alkanes of at least 4 members (excludes halogenated alkanes) is 1. The maximum absolute atomic E-state index is 12.5. The van der Waals surface area contributed by atoms with Gasteiger partial charge in [-0.25, -0.2) is 8.51 Å². The predicted octanol–water partition coefficient (Wildman–Crippen LogP) is 2.14. The first kappa shape index (κ1) is 22.6. The zero-order valence-corrected chi connectivity index (χ0v) is 18.0. The van der Waals surface area contributed by atoms with Gasteiger partial charge in [0.15, 0.2) is 0 Å². The first-order valence-electron chi connectivity index (χ1n) is 9.26. The molecule has 1 atom stereocenters. The normalized spacial score (nSPS) is 16.4. The fraction of sp³-hybridized carbons (Fsp3) is 0.611. The van der Waals surface area contributed by atoms with E-state index in [4.69, 9.17) is 23.2 Å². The second-order valence-electron chi connectivity index (χ2n) is 6.55. The summed E-state index contributed by atoms with van der Waals surface area (Å²) in [7, 11) is 0.251. The van der Waals surface area contributed by atoms with E-state index in [9.17, 15) is 9.00 Å². The van der Waals surface area contributed by atoms with Crippen LogP contribution >= 0.6 is 23.2 Å². The minimum Gasteiger partial charge on any atom is -0.356 e. The number of hydrogen-bond acceptors (Lipinski definition) is 4. The molecular weight excluding hydrogens is 407 g/mol. The summed E-state index contributed by atoms with van der Waals surface area (Å²) in [5.41, 5.74) is 0. The van der Waals surface area contributed by atoms with Crippen LogP contribution in [0.5, 0.6) is 0 Å². The lowest BCUT2D eigenvalue weighted by molar-refractivity contribution is -0.121. The molecular formula is C18H28Cl2N4O2S. The van der Waals surface area contributed by atoms with Crippen molar-refractivity contribution in [3.8, 4) is 0 Å². The van der Waals surface area contributed by atoms with Crippen LogP contribution < -0.4 is 10.6 Å². The minimum absolute atomic E-state index is 0.0294. The molecule has 1 aromatic carbocycles. The number of halogens is 2. The molecule has 1 aliphatic rings. The number of amides is 1. The van der Waals surface area contributed by atoms with Crippen LogP contribution in [0.4, 0.5) is 0 Å². The molecule has 152 valence electrons. The van der Waals surface area contributed by atoms with Gasteiger partial charge >= 0.3 is 0 Å². The second kappa shape index (κ2) is 12.0. The highest BCUT2D eigenvalue weighted by Gasteiger charge is 2.16. The van der Waals surface area contributed by atoms with Crippen LogP contribution in [0.3, 0.4) is 0 Å². The molecule has 0 bridgehead atoms. The Morgan fingerprint density at radius 1 is 1.30 bits per heavy atom. The van der Waals surface area contributed by atoms with E-state index >= 15 is 0 Å². The number of carbonyl (C=O) groups excluding carboxylic acids is 1. The first-order valence-corrected chi connectivity index (χ1v) is 11.1. The van der Waals surface area contributed by atoms with Gasteiger partial charge in [0.1, 0.15) is 11.0 Å². The lowest BCUT2D eigenvalue weighted by Gasteiger charge is -2.27. The average molecular weight is 435 g/mol. The molecule has 1 amide bonds. The number of carbonyl (C=O) groups is 1. The van der Waals surface area contributed by atoms with E-state index in [1.807, 2.05) is 0 Å². The minimum atomic E-state index is -1.45. The standard InChI is InChI=1S/C18H28Cl2N4O2S/c1-23(27(26)16-6-4-5-15(19)18(16)20)12-7-17(25)22-8-2-3-11-24-13-9-21-10-14-24/h4-6,21H,2-3,7-14H2,1H3,(H,22,25). The first-order chi connectivity index (χ1) is 13.0. The molecule has 2 N–H and O–H groups in total. The van der Waals surface area contributed by atoms with Gasteiger partial charge in [0.05, 0.1) is 14.9 Å². The summed E-state index contributed by atoms with van der Waals surface area (Å²) in [5, 5.41) is 6.93. The number of hydrogen-bond donors (Lipinski definition) is 2. The Kier molecular flexibility index (Phi) is 10.0. The van der Waals surface area contributed by atoms with E-state index in [0.717, 1.165) is 45.6 Å². The fourth-order valence-electron chi connectivity index (χ4n) is 2.84. The van der Waals surface area contributed by atoms with Gasteiger partial charge in [-0.15, -0.1) is 0 Å². The Morgan fingerprint density at radius 3 is 2.78 bits per heavy atom. The SMILES string of the molecule is CN(CCC(=O)NCCCCN1CCNCC1)S(=O)c1cccc(Cl)c1Cl. The van der Waals surface area contributed by atoms with Gasteiger partial charge < -0.3 is 15.5 Å². The number of rotatable bonds is 10. The molecule has 6 nitrogen and oxygen atoms in total. The molecule has 1 saturated heterocycles. The number of benzene rings is 1. The van der Waals surface area contributed by atoms with Crippen molar-refractivity contribution in [2.24, 2.45) is 0 Å². The molecule has 0 aromatic heterocycles. The lowest BCUT2D eigenvalue weighted by atomic mass is 10.2. The van der Waals surface area contributed by atoms with Crippen molar-refractivity contribution in [2.45, 2.75) is 24.2 Å². The van der Waals surface area contributed by atoms with Crippen LogP contribution in [-0.4, -0.2) is 72.2 Å². The molecule has 1 fully saturated rings. The van der Waals surface area contributed by atoms with Gasteiger partial charge in [0.2, 0.25) is 5.91 Å². The molecule has 9 heteroatoms. The smallest absolute Gasteiger partial charge is 0.221 e. The zero-order valence-electron chi connectivity index (χ0n) is 15.7. The molecule has 1 aliphatic heterocycles. The molecule has 0 spiro atoms. The van der Waals surface area contributed by atoms with E-state index < -0.39 is 11.0 Å². The van der Waals surface area contributed by atoms with E-state index in [1.54, 1.807) is 29.6 Å². The Morgan fingerprint density at radius 2 is 2.04 bits per heavy atom. The van der Waals surface area contributed by atoms with E-state index in [0.29, 0.717) is 28.0 Å². The number of nitrogens with one attached hydrogen (secondary N) is 2. The van der Waals surface area contributed by atoms with Crippen molar-refractivity contribution in [1.29, 1.82) is 0 Å². The lowest BCUT2D eigenvalue weighted by Crippen LogP contribution is -2.43. The molecule has 0 aliphatic carbocycles. The third-order valence-corrected chi connectivity index (χ3v) is 6.87. The molecule has 1 heterocycles. The third-order valence-electron chi connectivity index (χ3n) is 4.47. The summed E-state index contributed by atoms with van der Waals surface area (Å²) < 4.78 is 14.1. The molecule has 0 radical (unpaired) electrons. The van der Waals surface area contributed by atoms with Crippen LogP contribution in [-0.2, 0) is 15.8 Å². The summed E-state index contributed by atoms with van der Waals surface area (Å²) in [6.45, 7) is 6.47. The summed E-state index contributed by atoms with van der Waals surface area (Å²) in [6, 6.07) is 5.04. The molecule has 2 rings (SSSR count). The maximum Gasteiger partial charge on any atom is 0.221 e. The molecule has 0 saturated carbocycles. The summed E-state index contributed by atoms with van der Waals surface area (Å²) in [5.74, 6) is -0.0294. The van der Waals surface area contributed by atoms with Crippen molar-refractivity contribution >= 4 is 40.1 Å². The van der Waals surface area contributed by atoms with Gasteiger partial charge in [-0.1, -0.05) is 29.3 Å². The van der Waals surface area contributed by atoms with E-state index in [2.05, 4.69) is 15.5 Å². The average Bonchev–Trinajstić information content (AvgIpc) is 2.68. The molecule has 27 heavy (non-hydrogen) atoms. The topological polar surface area (TPSA) is 64.7 Å². The highest BCUT2D eigenvalue weighted by Crippen LogP contribution is 2.28. The summed E-state index contributed by atoms with van der Waals surface area (Å²) in [4.78, 5) is 14.9. The Balaban J connectivity index is 1.61. The van der Waals surface area contributed by atoms with Gasteiger partial charge in [0.25, 0.3) is 0 Å². The van der Waals surface area contributed by atoms with E-state index in [1.165, 1.54) is 0 Å². The maximum atomic E-state index is 12.5. The summed E-state index contributed by atoms with van der Waals surface area (Å²) >= 11 is 12.1. The van der Waals surface area contributed by atoms with Crippen molar-refractivity contribution in [1.82, 2.24) is 19.8 Å². The highest BCUT2D eigenvalue weighted by molar-refractivity contribution is 7.82. The third kappa shape index (κ3) is 7.68. The van der Waals surface area contributed by atoms with Crippen molar-refractivity contribution in [3.05, 3.63) is 28.2 Å². The van der Waals surface area contributed by atoms with Gasteiger partial charge in [-0.2, -0.15) is 0 Å². The van der Waals surface area contributed by atoms with Crippen LogP contribution in [0.1, 0.15) is 19.3 Å². The molecule has 1 aromatic rings. The Hall–Kier alpha value is -0.700. The molecule has 1 unspecified atom stereocenters. The fourth-order valence-corrected chi connectivity index (χ4v) is 4.45. The van der Waals surface area contributed by atoms with Crippen LogP contribution in [0, 0.1) is 0 Å². The Labute approximate surface area is 174 Å². The van der Waals surface area contributed by atoms with Gasteiger partial charge in [-0.05, 0) is 31.5 Å². The van der Waals surface area contributed by atoms with Crippen molar-refractivity contribution in [2.75, 3.05) is 52.9 Å². The monoisotopic (exact) mass is 434 g/mol. The van der Waals surface area contributed by atoms with Crippen LogP contribution in [0.25, 0.3) is 0 Å². The van der Waals surface area contributed by atoms with Crippen LogP contribution in [0.2, 0.25) is 10.0 Å². The number of piperazine rings is 1. The van der Waals surface area contributed by atoms with E-state index in [-0.39, 0.29) is 12.3 Å². The van der Waals surface area contributed by atoms with Crippen LogP contribution in [0.15, 0.2) is 23.1 Å². The van der Waals surface area contributed by atoms with Crippen molar-refractivity contribution in [3.63, 3.8) is 0 Å². The van der Waals surface area contributed by atoms with Gasteiger partial charge in [-0.3, -0.25) is 4.79 Å². The highest BCUT2D eigenvalue weighted by atomic mass is 35.5. The van der Waals surface area contributed by atoms with Gasteiger partial charge in [0, 0.05) is 52.7 Å².